The predicted molar refractivity (Wildman–Crippen MR) is 136 cm³/mol. The van der Waals surface area contributed by atoms with Crippen LogP contribution in [0.3, 0.4) is 0 Å². The average Bonchev–Trinajstić information content (AvgIpc) is 3.07. The molecular formula is C28H30N2O4S. The fourth-order valence-electron chi connectivity index (χ4n) is 6.45. The van der Waals surface area contributed by atoms with Crippen LogP contribution < -0.4 is 0 Å². The molecule has 3 aromatic carbocycles. The minimum atomic E-state index is -3.43. The lowest BCUT2D eigenvalue weighted by Gasteiger charge is -2.54. The number of fused-ring (bicyclic) bond motifs is 2. The highest BCUT2D eigenvalue weighted by molar-refractivity contribution is 7.90. The van der Waals surface area contributed by atoms with Crippen LogP contribution in [-0.2, 0) is 15.4 Å². The Labute approximate surface area is 206 Å². The Morgan fingerprint density at radius 1 is 0.914 bits per heavy atom. The minimum Gasteiger partial charge on any atom is -0.465 e. The maximum Gasteiger partial charge on any atom is 0.408 e. The second-order valence-electron chi connectivity index (χ2n) is 9.83. The number of nitrogens with zero attached hydrogens (tertiary/aromatic N) is 2. The van der Waals surface area contributed by atoms with Gasteiger partial charge in [0.05, 0.1) is 16.8 Å². The molecular weight excluding hydrogens is 460 g/mol. The van der Waals surface area contributed by atoms with E-state index in [4.69, 9.17) is 0 Å². The number of carboxylic acid groups (broad SMARTS) is 1. The number of carbonyl (C=O) groups is 1. The topological polar surface area (TPSA) is 77.9 Å². The predicted octanol–water partition coefficient (Wildman–Crippen LogP) is 4.22. The molecule has 2 saturated heterocycles. The molecule has 1 N–H and O–H groups in total. The van der Waals surface area contributed by atoms with Crippen LogP contribution >= 0.6 is 0 Å². The highest BCUT2D eigenvalue weighted by Crippen LogP contribution is 2.49. The van der Waals surface area contributed by atoms with Gasteiger partial charge in [-0.2, -0.15) is 0 Å². The van der Waals surface area contributed by atoms with Gasteiger partial charge < -0.3 is 5.11 Å². The monoisotopic (exact) mass is 490 g/mol. The number of amides is 1. The SMILES string of the molecule is CS(=O)(=O)CC12CCC(CN(C(c3ccccc3)(c3ccccc3)c3ccccc3)C1)N2C(=O)O. The van der Waals surface area contributed by atoms with Crippen LogP contribution in [0.1, 0.15) is 29.5 Å². The van der Waals surface area contributed by atoms with Gasteiger partial charge in [-0.15, -0.1) is 0 Å². The third-order valence-corrected chi connectivity index (χ3v) is 8.58. The zero-order chi connectivity index (χ0) is 24.7. The third kappa shape index (κ3) is 4.02. The second-order valence-corrected chi connectivity index (χ2v) is 12.0. The molecule has 1 amide bonds. The van der Waals surface area contributed by atoms with Gasteiger partial charge in [-0.05, 0) is 29.5 Å². The van der Waals surface area contributed by atoms with Crippen LogP contribution in [0.25, 0.3) is 0 Å². The first-order valence-corrected chi connectivity index (χ1v) is 13.9. The van der Waals surface area contributed by atoms with E-state index in [1.165, 1.54) is 11.2 Å². The molecule has 2 atom stereocenters. The Bertz CT molecular complexity index is 1200. The van der Waals surface area contributed by atoms with Crippen molar-refractivity contribution in [2.24, 2.45) is 0 Å². The van der Waals surface area contributed by atoms with Gasteiger partial charge in [0.15, 0.2) is 0 Å². The number of sulfone groups is 1. The normalized spacial score (nSPS) is 22.8. The van der Waals surface area contributed by atoms with Gasteiger partial charge in [0.2, 0.25) is 0 Å². The van der Waals surface area contributed by atoms with E-state index < -0.39 is 27.0 Å². The maximum atomic E-state index is 12.6. The van der Waals surface area contributed by atoms with Gasteiger partial charge in [-0.3, -0.25) is 9.80 Å². The van der Waals surface area contributed by atoms with Crippen LogP contribution in [0, 0.1) is 0 Å². The van der Waals surface area contributed by atoms with E-state index in [1.54, 1.807) is 0 Å². The van der Waals surface area contributed by atoms with Crippen molar-refractivity contribution in [3.8, 4) is 0 Å². The molecule has 2 unspecified atom stereocenters. The average molecular weight is 491 g/mol. The van der Waals surface area contributed by atoms with Crippen LogP contribution in [0.15, 0.2) is 91.0 Å². The van der Waals surface area contributed by atoms with Gasteiger partial charge in [-0.25, -0.2) is 13.2 Å². The molecule has 0 radical (unpaired) electrons. The van der Waals surface area contributed by atoms with Crippen LogP contribution in [-0.4, -0.2) is 66.1 Å². The van der Waals surface area contributed by atoms with Crippen molar-refractivity contribution in [3.63, 3.8) is 0 Å². The first-order valence-electron chi connectivity index (χ1n) is 11.9. The largest absolute Gasteiger partial charge is 0.465 e. The molecule has 0 spiro atoms. The summed E-state index contributed by atoms with van der Waals surface area (Å²) in [5.41, 5.74) is 1.49. The van der Waals surface area contributed by atoms with Crippen molar-refractivity contribution < 1.29 is 18.3 Å². The highest BCUT2D eigenvalue weighted by Gasteiger charge is 2.59. The molecule has 3 aromatic rings. The van der Waals surface area contributed by atoms with Crippen molar-refractivity contribution in [2.45, 2.75) is 30.0 Å². The molecule has 5 rings (SSSR count). The van der Waals surface area contributed by atoms with Crippen LogP contribution in [0.5, 0.6) is 0 Å². The van der Waals surface area contributed by atoms with E-state index >= 15 is 0 Å². The molecule has 2 heterocycles. The molecule has 0 aromatic heterocycles. The lowest BCUT2D eigenvalue weighted by Crippen LogP contribution is -2.69. The van der Waals surface area contributed by atoms with Crippen LogP contribution in [0.2, 0.25) is 0 Å². The summed E-state index contributed by atoms with van der Waals surface area (Å²) >= 11 is 0. The van der Waals surface area contributed by atoms with Gasteiger partial charge >= 0.3 is 6.09 Å². The summed E-state index contributed by atoms with van der Waals surface area (Å²) in [7, 11) is -3.43. The fourth-order valence-corrected chi connectivity index (χ4v) is 7.80. The zero-order valence-electron chi connectivity index (χ0n) is 19.7. The second kappa shape index (κ2) is 8.81. The summed E-state index contributed by atoms with van der Waals surface area (Å²) < 4.78 is 25.2. The summed E-state index contributed by atoms with van der Waals surface area (Å²) in [5.74, 6) is -0.187. The highest BCUT2D eigenvalue weighted by atomic mass is 32.2. The van der Waals surface area contributed by atoms with E-state index in [0.717, 1.165) is 16.7 Å². The standard InChI is InChI=1S/C28H30N2O4S/c1-35(33,34)21-27-18-17-25(30(27)26(31)32)19-29(20-27)28(22-11-5-2-6-12-22,23-13-7-3-8-14-23)24-15-9-4-10-16-24/h2-16,25H,17-21H2,1H3,(H,31,32). The van der Waals surface area contributed by atoms with E-state index in [0.29, 0.717) is 25.9 Å². The lowest BCUT2D eigenvalue weighted by molar-refractivity contribution is -0.0104. The number of benzene rings is 3. The molecule has 2 fully saturated rings. The summed E-state index contributed by atoms with van der Waals surface area (Å²) in [6.07, 6.45) is 1.34. The Morgan fingerprint density at radius 2 is 1.37 bits per heavy atom. The molecule has 7 heteroatoms. The smallest absolute Gasteiger partial charge is 0.408 e. The fraction of sp³-hybridized carbons (Fsp3) is 0.321. The maximum absolute atomic E-state index is 12.6. The third-order valence-electron chi connectivity index (χ3n) is 7.52. The number of hydrogen-bond acceptors (Lipinski definition) is 4. The van der Waals surface area contributed by atoms with Gasteiger partial charge in [0.1, 0.15) is 9.84 Å². The minimum absolute atomic E-state index is 0.187. The van der Waals surface area contributed by atoms with E-state index in [2.05, 4.69) is 41.3 Å². The summed E-state index contributed by atoms with van der Waals surface area (Å²) in [5, 5.41) is 10.1. The molecule has 182 valence electrons. The molecule has 6 nitrogen and oxygen atoms in total. The van der Waals surface area contributed by atoms with Gasteiger partial charge in [-0.1, -0.05) is 91.0 Å². The van der Waals surface area contributed by atoms with Crippen molar-refractivity contribution in [1.82, 2.24) is 9.80 Å². The van der Waals surface area contributed by atoms with Crippen LogP contribution in [0.4, 0.5) is 4.79 Å². The first kappa shape index (κ1) is 23.6. The van der Waals surface area contributed by atoms with Crippen molar-refractivity contribution in [2.75, 3.05) is 25.1 Å². The molecule has 0 aliphatic carbocycles. The van der Waals surface area contributed by atoms with E-state index in [1.807, 2.05) is 54.6 Å². The summed E-state index contributed by atoms with van der Waals surface area (Å²) in [4.78, 5) is 16.2. The molecule has 2 bridgehead atoms. The first-order chi connectivity index (χ1) is 16.8. The summed E-state index contributed by atoms with van der Waals surface area (Å²) in [6.45, 7) is 0.831. The van der Waals surface area contributed by atoms with E-state index in [-0.39, 0.29) is 11.8 Å². The Kier molecular flexibility index (Phi) is 5.93. The number of likely N-dealkylation sites (tertiary alicyclic amines) is 1. The zero-order valence-corrected chi connectivity index (χ0v) is 20.6. The number of piperazine rings is 1. The Morgan fingerprint density at radius 3 is 1.77 bits per heavy atom. The number of hydrogen-bond donors (Lipinski definition) is 1. The summed E-state index contributed by atoms with van der Waals surface area (Å²) in [6, 6.07) is 30.4. The quantitative estimate of drug-likeness (QED) is 0.524. The Balaban J connectivity index is 1.76. The van der Waals surface area contributed by atoms with Crippen molar-refractivity contribution in [3.05, 3.63) is 108 Å². The molecule has 2 aliphatic rings. The molecule has 35 heavy (non-hydrogen) atoms. The lowest BCUT2D eigenvalue weighted by atomic mass is 9.74. The van der Waals surface area contributed by atoms with Gasteiger partial charge in [0, 0.05) is 25.4 Å². The van der Waals surface area contributed by atoms with E-state index in [9.17, 15) is 18.3 Å². The van der Waals surface area contributed by atoms with Gasteiger partial charge in [0.25, 0.3) is 0 Å². The van der Waals surface area contributed by atoms with Crippen molar-refractivity contribution >= 4 is 15.9 Å². The number of rotatable bonds is 6. The van der Waals surface area contributed by atoms with Crippen molar-refractivity contribution in [1.29, 1.82) is 0 Å². The molecule has 2 aliphatic heterocycles. The Hall–Kier alpha value is -3.16. The molecule has 0 saturated carbocycles.